The van der Waals surface area contributed by atoms with Gasteiger partial charge in [0.25, 0.3) is 5.91 Å². The van der Waals surface area contributed by atoms with E-state index in [1.54, 1.807) is 6.92 Å². The Hall–Kier alpha value is -1.38. The van der Waals surface area contributed by atoms with Gasteiger partial charge in [0.1, 0.15) is 10.7 Å². The second kappa shape index (κ2) is 6.85. The van der Waals surface area contributed by atoms with Gasteiger partial charge in [-0.25, -0.2) is 8.42 Å². The van der Waals surface area contributed by atoms with Gasteiger partial charge in [0.15, 0.2) is 5.76 Å². The molecule has 2 N–H and O–H groups in total. The van der Waals surface area contributed by atoms with E-state index in [4.69, 9.17) is 4.42 Å². The Bertz CT molecular complexity index is 707. The van der Waals surface area contributed by atoms with Crippen molar-refractivity contribution in [1.82, 2.24) is 14.9 Å². The molecule has 0 spiro atoms. The van der Waals surface area contributed by atoms with E-state index in [2.05, 4.69) is 17.6 Å². The Labute approximate surface area is 142 Å². The number of hydrogen-bond donors (Lipinski definition) is 2. The molecule has 8 heteroatoms. The first-order chi connectivity index (χ1) is 11.4. The van der Waals surface area contributed by atoms with Gasteiger partial charge in [0.05, 0.1) is 0 Å². The van der Waals surface area contributed by atoms with Gasteiger partial charge in [-0.05, 0) is 45.2 Å². The first-order valence-electron chi connectivity index (χ1n) is 8.52. The van der Waals surface area contributed by atoms with Crippen LogP contribution in [-0.2, 0) is 10.0 Å². The molecular formula is C16H25N3O4S. The van der Waals surface area contributed by atoms with Crippen molar-refractivity contribution in [2.75, 3.05) is 26.2 Å². The van der Waals surface area contributed by atoms with Crippen molar-refractivity contribution in [1.29, 1.82) is 0 Å². The van der Waals surface area contributed by atoms with Crippen LogP contribution in [0.4, 0.5) is 0 Å². The molecule has 0 radical (unpaired) electrons. The highest BCUT2D eigenvalue weighted by Crippen LogP contribution is 2.26. The molecule has 0 bridgehead atoms. The summed E-state index contributed by atoms with van der Waals surface area (Å²) >= 11 is 0. The first kappa shape index (κ1) is 17.4. The van der Waals surface area contributed by atoms with Gasteiger partial charge in [-0.3, -0.25) is 4.79 Å². The van der Waals surface area contributed by atoms with E-state index >= 15 is 0 Å². The van der Waals surface area contributed by atoms with Gasteiger partial charge in [-0.2, -0.15) is 4.31 Å². The zero-order valence-corrected chi connectivity index (χ0v) is 15.0. The Morgan fingerprint density at radius 1 is 1.38 bits per heavy atom. The summed E-state index contributed by atoms with van der Waals surface area (Å²) in [5.74, 6) is 0.313. The number of nitrogens with one attached hydrogen (secondary N) is 2. The van der Waals surface area contributed by atoms with Crippen LogP contribution >= 0.6 is 0 Å². The van der Waals surface area contributed by atoms with Crippen LogP contribution in [-0.4, -0.2) is 50.9 Å². The lowest BCUT2D eigenvalue weighted by molar-refractivity contribution is 0.0884. The number of nitrogens with zero attached hydrogens (tertiary/aromatic N) is 1. The molecule has 3 rings (SSSR count). The Morgan fingerprint density at radius 3 is 2.75 bits per heavy atom. The van der Waals surface area contributed by atoms with E-state index in [1.807, 2.05) is 0 Å². The van der Waals surface area contributed by atoms with Crippen LogP contribution in [0.25, 0.3) is 0 Å². The number of hydrogen-bond acceptors (Lipinski definition) is 5. The van der Waals surface area contributed by atoms with Crippen LogP contribution < -0.4 is 10.6 Å². The molecule has 24 heavy (non-hydrogen) atoms. The molecule has 7 nitrogen and oxygen atoms in total. The highest BCUT2D eigenvalue weighted by atomic mass is 32.2. The number of piperidine rings is 1. The number of carbonyl (C=O) groups excluding carboxylic acids is 1. The molecule has 2 saturated heterocycles. The van der Waals surface area contributed by atoms with Crippen LogP contribution in [0, 0.1) is 12.8 Å². The minimum Gasteiger partial charge on any atom is -0.455 e. The van der Waals surface area contributed by atoms with Crippen LogP contribution in [0.3, 0.4) is 0 Å². The van der Waals surface area contributed by atoms with E-state index in [1.165, 1.54) is 10.4 Å². The molecule has 1 aromatic heterocycles. The normalized spacial score (nSPS) is 25.8. The molecule has 2 unspecified atom stereocenters. The van der Waals surface area contributed by atoms with Crippen LogP contribution in [0.15, 0.2) is 15.4 Å². The lowest BCUT2D eigenvalue weighted by Crippen LogP contribution is -2.48. The number of amides is 1. The quantitative estimate of drug-likeness (QED) is 0.844. The highest BCUT2D eigenvalue weighted by molar-refractivity contribution is 7.89. The fourth-order valence-corrected chi connectivity index (χ4v) is 5.05. The monoisotopic (exact) mass is 355 g/mol. The lowest BCUT2D eigenvalue weighted by Gasteiger charge is -2.29. The van der Waals surface area contributed by atoms with Crippen molar-refractivity contribution in [3.05, 3.63) is 17.6 Å². The van der Waals surface area contributed by atoms with Gasteiger partial charge in [-0.15, -0.1) is 0 Å². The maximum Gasteiger partial charge on any atom is 0.287 e. The van der Waals surface area contributed by atoms with Crippen molar-refractivity contribution < 1.29 is 17.6 Å². The van der Waals surface area contributed by atoms with Crippen molar-refractivity contribution in [3.63, 3.8) is 0 Å². The number of aryl methyl sites for hydroxylation is 1. The maximum atomic E-state index is 12.7. The summed E-state index contributed by atoms with van der Waals surface area (Å²) in [5, 5.41) is 6.25. The number of rotatable bonds is 4. The van der Waals surface area contributed by atoms with E-state index in [0.29, 0.717) is 19.0 Å². The summed E-state index contributed by atoms with van der Waals surface area (Å²) in [7, 11) is -3.58. The van der Waals surface area contributed by atoms with Crippen molar-refractivity contribution in [2.24, 2.45) is 5.92 Å². The minimum atomic E-state index is -3.58. The van der Waals surface area contributed by atoms with Crippen molar-refractivity contribution >= 4 is 15.9 Å². The van der Waals surface area contributed by atoms with Crippen LogP contribution in [0.2, 0.25) is 0 Å². The largest absolute Gasteiger partial charge is 0.455 e. The fourth-order valence-electron chi connectivity index (χ4n) is 3.37. The predicted molar refractivity (Wildman–Crippen MR) is 89.3 cm³/mol. The van der Waals surface area contributed by atoms with Crippen molar-refractivity contribution in [2.45, 2.75) is 44.0 Å². The SMILES string of the molecule is Cc1oc(C(=O)NC2CCNCC2C)cc1S(=O)(=O)N1CCCC1. The topological polar surface area (TPSA) is 91.6 Å². The molecule has 3 heterocycles. The molecular weight excluding hydrogens is 330 g/mol. The zero-order valence-electron chi connectivity index (χ0n) is 14.2. The second-order valence-electron chi connectivity index (χ2n) is 6.69. The molecule has 2 fully saturated rings. The second-order valence-corrected chi connectivity index (χ2v) is 8.60. The molecule has 2 aliphatic rings. The first-order valence-corrected chi connectivity index (χ1v) is 9.96. The lowest BCUT2D eigenvalue weighted by atomic mass is 9.95. The van der Waals surface area contributed by atoms with E-state index in [0.717, 1.165) is 32.4 Å². The fraction of sp³-hybridized carbons (Fsp3) is 0.688. The van der Waals surface area contributed by atoms with Crippen LogP contribution in [0.5, 0.6) is 0 Å². The van der Waals surface area contributed by atoms with E-state index in [9.17, 15) is 13.2 Å². The molecule has 1 amide bonds. The molecule has 2 aliphatic heterocycles. The summed E-state index contributed by atoms with van der Waals surface area (Å²) in [6.45, 7) is 6.45. The average molecular weight is 355 g/mol. The summed E-state index contributed by atoms with van der Waals surface area (Å²) in [4.78, 5) is 12.5. The molecule has 134 valence electrons. The average Bonchev–Trinajstić information content (AvgIpc) is 3.19. The Balaban J connectivity index is 1.77. The van der Waals surface area contributed by atoms with Gasteiger partial charge in [0.2, 0.25) is 10.0 Å². The molecule has 0 aliphatic carbocycles. The third-order valence-electron chi connectivity index (χ3n) is 4.88. The number of furan rings is 1. The van der Waals surface area contributed by atoms with Gasteiger partial charge in [-0.1, -0.05) is 6.92 Å². The summed E-state index contributed by atoms with van der Waals surface area (Å²) < 4.78 is 32.2. The standard InChI is InChI=1S/C16H25N3O4S/c1-11-10-17-6-5-13(11)18-16(20)14-9-15(12(2)23-14)24(21,22)19-7-3-4-8-19/h9,11,13,17H,3-8,10H2,1-2H3,(H,18,20). The number of sulfonamides is 1. The van der Waals surface area contributed by atoms with E-state index < -0.39 is 10.0 Å². The molecule has 2 atom stereocenters. The molecule has 0 aromatic carbocycles. The number of carbonyl (C=O) groups is 1. The molecule has 0 saturated carbocycles. The smallest absolute Gasteiger partial charge is 0.287 e. The van der Waals surface area contributed by atoms with Crippen LogP contribution in [0.1, 0.15) is 42.5 Å². The van der Waals surface area contributed by atoms with E-state index in [-0.39, 0.29) is 28.4 Å². The predicted octanol–water partition coefficient (Wildman–Crippen LogP) is 1.10. The summed E-state index contributed by atoms with van der Waals surface area (Å²) in [6, 6.07) is 1.44. The maximum absolute atomic E-state index is 12.7. The minimum absolute atomic E-state index is 0.0657. The van der Waals surface area contributed by atoms with Gasteiger partial charge >= 0.3 is 0 Å². The van der Waals surface area contributed by atoms with Crippen molar-refractivity contribution in [3.8, 4) is 0 Å². The summed E-state index contributed by atoms with van der Waals surface area (Å²) in [6.07, 6.45) is 2.60. The third-order valence-corrected chi connectivity index (χ3v) is 6.89. The highest BCUT2D eigenvalue weighted by Gasteiger charge is 2.32. The Morgan fingerprint density at radius 2 is 2.08 bits per heavy atom. The third kappa shape index (κ3) is 3.36. The molecule has 1 aromatic rings. The summed E-state index contributed by atoms with van der Waals surface area (Å²) in [5.41, 5.74) is 0. The Kier molecular flexibility index (Phi) is 4.98. The van der Waals surface area contributed by atoms with Gasteiger partial charge in [0, 0.05) is 25.2 Å². The zero-order chi connectivity index (χ0) is 17.3. The van der Waals surface area contributed by atoms with Gasteiger partial charge < -0.3 is 15.1 Å².